The molecule has 0 saturated carbocycles. The standard InChI is InChI=1S/C17H16Cl2O3/c1-11-5-12(2)7-14(6-11)21-10-17(20)22-9-13-3-4-15(18)16(19)8-13/h3-8H,9-10H2,1-2H3. The number of rotatable bonds is 5. The molecule has 2 rings (SSSR count). The van der Waals surface area contributed by atoms with E-state index in [2.05, 4.69) is 0 Å². The summed E-state index contributed by atoms with van der Waals surface area (Å²) in [4.78, 5) is 11.7. The van der Waals surface area contributed by atoms with Gasteiger partial charge in [0.2, 0.25) is 0 Å². The Balaban J connectivity index is 1.84. The number of esters is 1. The second-order valence-corrected chi connectivity index (χ2v) is 5.84. The molecule has 0 saturated heterocycles. The largest absolute Gasteiger partial charge is 0.482 e. The van der Waals surface area contributed by atoms with E-state index >= 15 is 0 Å². The van der Waals surface area contributed by atoms with E-state index in [-0.39, 0.29) is 13.2 Å². The van der Waals surface area contributed by atoms with Gasteiger partial charge in [0.1, 0.15) is 12.4 Å². The lowest BCUT2D eigenvalue weighted by Crippen LogP contribution is -2.14. The zero-order valence-corrected chi connectivity index (χ0v) is 13.9. The van der Waals surface area contributed by atoms with E-state index in [1.54, 1.807) is 18.2 Å². The molecule has 116 valence electrons. The van der Waals surface area contributed by atoms with E-state index < -0.39 is 5.97 Å². The average molecular weight is 339 g/mol. The number of ether oxygens (including phenoxy) is 2. The lowest BCUT2D eigenvalue weighted by Gasteiger charge is -2.09. The van der Waals surface area contributed by atoms with Gasteiger partial charge < -0.3 is 9.47 Å². The molecule has 0 aromatic heterocycles. The zero-order valence-electron chi connectivity index (χ0n) is 12.4. The average Bonchev–Trinajstić information content (AvgIpc) is 2.45. The van der Waals surface area contributed by atoms with Crippen LogP contribution < -0.4 is 4.74 Å². The van der Waals surface area contributed by atoms with Crippen molar-refractivity contribution in [1.82, 2.24) is 0 Å². The number of hydrogen-bond acceptors (Lipinski definition) is 3. The van der Waals surface area contributed by atoms with E-state index in [1.165, 1.54) is 0 Å². The smallest absolute Gasteiger partial charge is 0.344 e. The molecule has 0 aliphatic heterocycles. The molecule has 0 unspecified atom stereocenters. The number of benzene rings is 2. The fraction of sp³-hybridized carbons (Fsp3) is 0.235. The molecule has 0 heterocycles. The van der Waals surface area contributed by atoms with Gasteiger partial charge in [0.15, 0.2) is 6.61 Å². The molecule has 0 N–H and O–H groups in total. The van der Waals surface area contributed by atoms with Gasteiger partial charge in [0, 0.05) is 0 Å². The first kappa shape index (κ1) is 16.7. The Morgan fingerprint density at radius 3 is 2.32 bits per heavy atom. The van der Waals surface area contributed by atoms with E-state index in [4.69, 9.17) is 32.7 Å². The van der Waals surface area contributed by atoms with Crippen molar-refractivity contribution in [3.8, 4) is 5.75 Å². The number of carbonyl (C=O) groups is 1. The molecule has 0 atom stereocenters. The van der Waals surface area contributed by atoms with E-state index in [1.807, 2.05) is 32.0 Å². The Bertz CT molecular complexity index is 663. The second kappa shape index (κ2) is 7.52. The maximum absolute atomic E-state index is 11.7. The fourth-order valence-electron chi connectivity index (χ4n) is 1.99. The highest BCUT2D eigenvalue weighted by atomic mass is 35.5. The molecule has 0 aliphatic rings. The lowest BCUT2D eigenvalue weighted by atomic mass is 10.1. The van der Waals surface area contributed by atoms with Crippen molar-refractivity contribution >= 4 is 29.2 Å². The zero-order chi connectivity index (χ0) is 16.1. The Kier molecular flexibility index (Phi) is 5.69. The van der Waals surface area contributed by atoms with Crippen molar-refractivity contribution in [1.29, 1.82) is 0 Å². The lowest BCUT2D eigenvalue weighted by molar-refractivity contribution is -0.147. The predicted molar refractivity (Wildman–Crippen MR) is 87.7 cm³/mol. The minimum Gasteiger partial charge on any atom is -0.482 e. The third kappa shape index (κ3) is 4.93. The van der Waals surface area contributed by atoms with Crippen molar-refractivity contribution in [2.24, 2.45) is 0 Å². The molecular weight excluding hydrogens is 323 g/mol. The van der Waals surface area contributed by atoms with Crippen LogP contribution in [0.4, 0.5) is 0 Å². The first-order valence-corrected chi connectivity index (χ1v) is 7.50. The Morgan fingerprint density at radius 1 is 1.00 bits per heavy atom. The van der Waals surface area contributed by atoms with Crippen molar-refractivity contribution in [3.05, 3.63) is 63.1 Å². The summed E-state index contributed by atoms with van der Waals surface area (Å²) < 4.78 is 10.6. The summed E-state index contributed by atoms with van der Waals surface area (Å²) in [5.74, 6) is 0.217. The molecular formula is C17H16Cl2O3. The van der Waals surface area contributed by atoms with Crippen LogP contribution in [-0.4, -0.2) is 12.6 Å². The van der Waals surface area contributed by atoms with E-state index in [9.17, 15) is 4.79 Å². The van der Waals surface area contributed by atoms with Crippen LogP contribution in [0, 0.1) is 13.8 Å². The SMILES string of the molecule is Cc1cc(C)cc(OCC(=O)OCc2ccc(Cl)c(Cl)c2)c1. The molecule has 2 aromatic carbocycles. The first-order chi connectivity index (χ1) is 10.4. The summed E-state index contributed by atoms with van der Waals surface area (Å²) in [5, 5.41) is 0.900. The molecule has 5 heteroatoms. The number of carbonyl (C=O) groups excluding carboxylic acids is 1. The van der Waals surface area contributed by atoms with Crippen LogP contribution in [0.3, 0.4) is 0 Å². The third-order valence-corrected chi connectivity index (χ3v) is 3.67. The summed E-state index contributed by atoms with van der Waals surface area (Å²) in [6, 6.07) is 10.9. The van der Waals surface area contributed by atoms with Gasteiger partial charge in [-0.25, -0.2) is 4.79 Å². The van der Waals surface area contributed by atoms with E-state index in [0.29, 0.717) is 15.8 Å². The van der Waals surface area contributed by atoms with Gasteiger partial charge in [-0.15, -0.1) is 0 Å². The van der Waals surface area contributed by atoms with Crippen molar-refractivity contribution < 1.29 is 14.3 Å². The highest BCUT2D eigenvalue weighted by molar-refractivity contribution is 6.42. The van der Waals surface area contributed by atoms with Gasteiger partial charge in [-0.1, -0.05) is 35.3 Å². The van der Waals surface area contributed by atoms with Crippen LogP contribution in [0.25, 0.3) is 0 Å². The highest BCUT2D eigenvalue weighted by Crippen LogP contribution is 2.23. The Morgan fingerprint density at radius 2 is 1.68 bits per heavy atom. The van der Waals surface area contributed by atoms with Gasteiger partial charge in [0.05, 0.1) is 10.0 Å². The monoisotopic (exact) mass is 338 g/mol. The summed E-state index contributed by atoms with van der Waals surface area (Å²) in [7, 11) is 0. The summed E-state index contributed by atoms with van der Waals surface area (Å²) in [6.45, 7) is 3.95. The van der Waals surface area contributed by atoms with Crippen LogP contribution in [-0.2, 0) is 16.1 Å². The third-order valence-electron chi connectivity index (χ3n) is 2.94. The van der Waals surface area contributed by atoms with Gasteiger partial charge >= 0.3 is 5.97 Å². The minimum absolute atomic E-state index is 0.131. The van der Waals surface area contributed by atoms with Gasteiger partial charge in [0.25, 0.3) is 0 Å². The van der Waals surface area contributed by atoms with Crippen LogP contribution in [0.2, 0.25) is 10.0 Å². The van der Waals surface area contributed by atoms with Crippen LogP contribution in [0.15, 0.2) is 36.4 Å². The highest BCUT2D eigenvalue weighted by Gasteiger charge is 2.07. The molecule has 2 aromatic rings. The summed E-state index contributed by atoms with van der Waals surface area (Å²) >= 11 is 11.7. The maximum Gasteiger partial charge on any atom is 0.344 e. The Hall–Kier alpha value is -1.71. The maximum atomic E-state index is 11.7. The molecule has 0 aliphatic carbocycles. The van der Waals surface area contributed by atoms with E-state index in [0.717, 1.165) is 16.7 Å². The van der Waals surface area contributed by atoms with Crippen molar-refractivity contribution in [2.75, 3.05) is 6.61 Å². The normalized spacial score (nSPS) is 10.4. The van der Waals surface area contributed by atoms with Gasteiger partial charge in [-0.2, -0.15) is 0 Å². The number of halogens is 2. The summed E-state index contributed by atoms with van der Waals surface area (Å²) in [6.07, 6.45) is 0. The van der Waals surface area contributed by atoms with Crippen LogP contribution in [0.5, 0.6) is 5.75 Å². The number of hydrogen-bond donors (Lipinski definition) is 0. The topological polar surface area (TPSA) is 35.5 Å². The summed E-state index contributed by atoms with van der Waals surface area (Å²) in [5.41, 5.74) is 2.94. The van der Waals surface area contributed by atoms with Gasteiger partial charge in [-0.3, -0.25) is 0 Å². The minimum atomic E-state index is -0.440. The predicted octanol–water partition coefficient (Wildman–Crippen LogP) is 4.73. The van der Waals surface area contributed by atoms with Crippen LogP contribution in [0.1, 0.15) is 16.7 Å². The van der Waals surface area contributed by atoms with Gasteiger partial charge in [-0.05, 0) is 54.8 Å². The first-order valence-electron chi connectivity index (χ1n) is 6.74. The fourth-order valence-corrected chi connectivity index (χ4v) is 2.31. The molecule has 22 heavy (non-hydrogen) atoms. The Labute approximate surface area is 139 Å². The molecule has 0 radical (unpaired) electrons. The molecule has 0 fully saturated rings. The van der Waals surface area contributed by atoms with Crippen LogP contribution >= 0.6 is 23.2 Å². The number of aryl methyl sites for hydroxylation is 2. The second-order valence-electron chi connectivity index (χ2n) is 5.02. The molecule has 0 amide bonds. The van der Waals surface area contributed by atoms with Crippen molar-refractivity contribution in [2.45, 2.75) is 20.5 Å². The molecule has 0 spiro atoms. The van der Waals surface area contributed by atoms with Crippen molar-refractivity contribution in [3.63, 3.8) is 0 Å². The molecule has 3 nitrogen and oxygen atoms in total. The quantitative estimate of drug-likeness (QED) is 0.739. The molecule has 0 bridgehead atoms.